The molecule has 1 heterocycles. The van der Waals surface area contributed by atoms with Gasteiger partial charge in [-0.2, -0.15) is 10.2 Å². The Bertz CT molecular complexity index is 300. The molecule has 0 fully saturated rings. The van der Waals surface area contributed by atoms with Gasteiger partial charge in [-0.1, -0.05) is 0 Å². The Balaban J connectivity index is 2.93. The van der Waals surface area contributed by atoms with Gasteiger partial charge in [0.25, 0.3) is 0 Å². The molecule has 1 rings (SSSR count). The molecule has 76 valence electrons. The van der Waals surface area contributed by atoms with Gasteiger partial charge in [0, 0.05) is 11.4 Å². The van der Waals surface area contributed by atoms with Crippen molar-refractivity contribution in [1.82, 2.24) is 10.9 Å². The number of rotatable bonds is 0. The molecule has 0 aromatic carbocycles. The zero-order valence-corrected chi connectivity index (χ0v) is 9.05. The summed E-state index contributed by atoms with van der Waals surface area (Å²) in [5.74, 6) is 0. The molecule has 14 heavy (non-hydrogen) atoms. The van der Waals surface area contributed by atoms with Crippen molar-refractivity contribution in [2.75, 3.05) is 0 Å². The van der Waals surface area contributed by atoms with Crippen molar-refractivity contribution in [2.24, 2.45) is 10.2 Å². The number of hydrogen-bond donors (Lipinski definition) is 2. The number of allylic oxidation sites excluding steroid dienone is 4. The quantitative estimate of drug-likeness (QED) is 0.614. The minimum Gasteiger partial charge on any atom is -0.283 e. The van der Waals surface area contributed by atoms with Crippen LogP contribution in [0, 0.1) is 0 Å². The van der Waals surface area contributed by atoms with E-state index < -0.39 is 0 Å². The third-order valence-electron chi connectivity index (χ3n) is 1.67. The highest BCUT2D eigenvalue weighted by Gasteiger charge is 1.94. The van der Waals surface area contributed by atoms with Gasteiger partial charge < -0.3 is 0 Å². The maximum absolute atomic E-state index is 4.18. The Morgan fingerprint density at radius 3 is 1.50 bits per heavy atom. The minimum atomic E-state index is 0.914. The molecule has 0 saturated heterocycles. The lowest BCUT2D eigenvalue weighted by Crippen LogP contribution is -2.12. The topological polar surface area (TPSA) is 48.8 Å². The van der Waals surface area contributed by atoms with Gasteiger partial charge in [0.15, 0.2) is 0 Å². The van der Waals surface area contributed by atoms with E-state index in [0.29, 0.717) is 0 Å². The van der Waals surface area contributed by atoms with Crippen molar-refractivity contribution >= 4 is 11.4 Å². The molecule has 0 spiro atoms. The van der Waals surface area contributed by atoms with Crippen LogP contribution in [0.5, 0.6) is 0 Å². The highest BCUT2D eigenvalue weighted by Crippen LogP contribution is 1.95. The SMILES string of the molecule is C/C1=C/C(C)=N\N/C(C)=C\C(C)=N/N1. The van der Waals surface area contributed by atoms with Gasteiger partial charge >= 0.3 is 0 Å². The first-order valence-corrected chi connectivity index (χ1v) is 4.55. The summed E-state index contributed by atoms with van der Waals surface area (Å²) < 4.78 is 0. The van der Waals surface area contributed by atoms with E-state index in [0.717, 1.165) is 22.8 Å². The standard InChI is InChI=1S/C10H16N4/c1-7-5-8(2)13-14-10(4)6-9(3)12-11-7/h5-6,11,14H,1-4H3/b7-5-,10-6-,12-9-,13-8-. The highest BCUT2D eigenvalue weighted by molar-refractivity contribution is 5.94. The second kappa shape index (κ2) is 4.60. The monoisotopic (exact) mass is 192 g/mol. The van der Waals surface area contributed by atoms with Crippen molar-refractivity contribution < 1.29 is 0 Å². The van der Waals surface area contributed by atoms with Crippen LogP contribution in [0.3, 0.4) is 0 Å². The minimum absolute atomic E-state index is 0.914. The molecule has 0 bridgehead atoms. The van der Waals surface area contributed by atoms with E-state index in [-0.39, 0.29) is 0 Å². The van der Waals surface area contributed by atoms with Crippen LogP contribution in [0.15, 0.2) is 33.7 Å². The van der Waals surface area contributed by atoms with E-state index in [1.54, 1.807) is 0 Å². The molecule has 0 radical (unpaired) electrons. The smallest absolute Gasteiger partial charge is 0.0593 e. The molecule has 2 N–H and O–H groups in total. The summed E-state index contributed by atoms with van der Waals surface area (Å²) in [7, 11) is 0. The molecule has 4 nitrogen and oxygen atoms in total. The molecule has 0 saturated carbocycles. The molecular weight excluding hydrogens is 176 g/mol. The van der Waals surface area contributed by atoms with Crippen LogP contribution in [-0.2, 0) is 0 Å². The Morgan fingerprint density at radius 2 is 1.14 bits per heavy atom. The normalized spacial score (nSPS) is 32.9. The fraction of sp³-hybridized carbons (Fsp3) is 0.400. The molecule has 0 unspecified atom stereocenters. The molecule has 1 aliphatic rings. The first kappa shape index (κ1) is 10.5. The molecule has 4 heteroatoms. The second-order valence-electron chi connectivity index (χ2n) is 3.38. The molecule has 0 aromatic heterocycles. The summed E-state index contributed by atoms with van der Waals surface area (Å²) in [6, 6.07) is 0. The van der Waals surface area contributed by atoms with Crippen molar-refractivity contribution in [1.29, 1.82) is 0 Å². The maximum atomic E-state index is 4.18. The van der Waals surface area contributed by atoms with E-state index in [4.69, 9.17) is 0 Å². The fourth-order valence-electron chi connectivity index (χ4n) is 1.11. The maximum Gasteiger partial charge on any atom is 0.0593 e. The fourth-order valence-corrected chi connectivity index (χ4v) is 1.11. The number of hydrogen-bond acceptors (Lipinski definition) is 4. The van der Waals surface area contributed by atoms with Gasteiger partial charge in [0.2, 0.25) is 0 Å². The highest BCUT2D eigenvalue weighted by atomic mass is 15.3. The lowest BCUT2D eigenvalue weighted by Gasteiger charge is -2.06. The first-order chi connectivity index (χ1) is 6.58. The molecule has 0 atom stereocenters. The molecule has 1 aliphatic heterocycles. The van der Waals surface area contributed by atoms with E-state index in [9.17, 15) is 0 Å². The number of hydrazone groups is 2. The van der Waals surface area contributed by atoms with Gasteiger partial charge in [-0.25, -0.2) is 0 Å². The number of nitrogens with zero attached hydrogens (tertiary/aromatic N) is 2. The van der Waals surface area contributed by atoms with Gasteiger partial charge in [-0.05, 0) is 39.8 Å². The van der Waals surface area contributed by atoms with Gasteiger partial charge in [-0.15, -0.1) is 0 Å². The number of nitrogens with one attached hydrogen (secondary N) is 2. The molecule has 0 amide bonds. The zero-order chi connectivity index (χ0) is 10.6. The summed E-state index contributed by atoms with van der Waals surface area (Å²) in [6.45, 7) is 7.77. The Labute approximate surface area is 84.5 Å². The van der Waals surface area contributed by atoms with Crippen LogP contribution >= 0.6 is 0 Å². The van der Waals surface area contributed by atoms with Crippen molar-refractivity contribution in [3.05, 3.63) is 23.5 Å². The van der Waals surface area contributed by atoms with Crippen molar-refractivity contribution in [3.63, 3.8) is 0 Å². The van der Waals surface area contributed by atoms with Crippen LogP contribution in [-0.4, -0.2) is 11.4 Å². The first-order valence-electron chi connectivity index (χ1n) is 4.55. The largest absolute Gasteiger partial charge is 0.283 e. The molecule has 0 aromatic rings. The van der Waals surface area contributed by atoms with E-state index in [1.807, 2.05) is 39.8 Å². The van der Waals surface area contributed by atoms with Crippen molar-refractivity contribution in [2.45, 2.75) is 27.7 Å². The van der Waals surface area contributed by atoms with E-state index in [1.165, 1.54) is 0 Å². The second-order valence-corrected chi connectivity index (χ2v) is 3.38. The summed E-state index contributed by atoms with van der Waals surface area (Å²) >= 11 is 0. The Morgan fingerprint density at radius 1 is 0.786 bits per heavy atom. The molecule has 0 aliphatic carbocycles. The summed E-state index contributed by atoms with van der Waals surface area (Å²) in [6.07, 6.45) is 3.87. The summed E-state index contributed by atoms with van der Waals surface area (Å²) in [5, 5.41) is 8.36. The lowest BCUT2D eigenvalue weighted by atomic mass is 10.3. The van der Waals surface area contributed by atoms with Gasteiger partial charge in [0.05, 0.1) is 11.4 Å². The van der Waals surface area contributed by atoms with E-state index in [2.05, 4.69) is 21.1 Å². The predicted molar refractivity (Wildman–Crippen MR) is 60.0 cm³/mol. The predicted octanol–water partition coefficient (Wildman–Crippen LogP) is 1.74. The lowest BCUT2D eigenvalue weighted by molar-refractivity contribution is 0.866. The molecular formula is C10H16N4. The van der Waals surface area contributed by atoms with Crippen LogP contribution in [0.4, 0.5) is 0 Å². The van der Waals surface area contributed by atoms with Crippen LogP contribution in [0.1, 0.15) is 27.7 Å². The van der Waals surface area contributed by atoms with Gasteiger partial charge in [-0.3, -0.25) is 10.9 Å². The third-order valence-corrected chi connectivity index (χ3v) is 1.67. The average Bonchev–Trinajstić information content (AvgIpc) is 2.11. The summed E-state index contributed by atoms with van der Waals surface area (Å²) in [4.78, 5) is 0. The zero-order valence-electron chi connectivity index (χ0n) is 9.05. The van der Waals surface area contributed by atoms with E-state index >= 15 is 0 Å². The Hall–Kier alpha value is -1.58. The third kappa shape index (κ3) is 3.43. The van der Waals surface area contributed by atoms with Crippen LogP contribution in [0.25, 0.3) is 0 Å². The summed E-state index contributed by atoms with van der Waals surface area (Å²) in [5.41, 5.74) is 9.67. The van der Waals surface area contributed by atoms with Crippen molar-refractivity contribution in [3.8, 4) is 0 Å². The Kier molecular flexibility index (Phi) is 3.45. The van der Waals surface area contributed by atoms with Gasteiger partial charge in [0.1, 0.15) is 0 Å². The average molecular weight is 192 g/mol. The van der Waals surface area contributed by atoms with Crippen LogP contribution < -0.4 is 10.9 Å². The van der Waals surface area contributed by atoms with Crippen LogP contribution in [0.2, 0.25) is 0 Å².